The summed E-state index contributed by atoms with van der Waals surface area (Å²) in [7, 11) is 0. The molecule has 3 unspecified atom stereocenters. The van der Waals surface area contributed by atoms with Gasteiger partial charge in [-0.1, -0.05) is 34.1 Å². The second-order valence-electron chi connectivity index (χ2n) is 7.20. The van der Waals surface area contributed by atoms with Gasteiger partial charge in [0.05, 0.1) is 0 Å². The highest BCUT2D eigenvalue weighted by molar-refractivity contribution is 4.94. The Balaban J connectivity index is 2.03. The molecule has 1 aliphatic carbocycles. The molecule has 2 nitrogen and oxygen atoms in total. The third kappa shape index (κ3) is 2.91. The normalized spacial score (nSPS) is 32.8. The molecule has 2 fully saturated rings. The SMILES string of the molecule is CC(C)C1CN(C(C)C2CCC2)C(C(C)C)CN1. The van der Waals surface area contributed by atoms with Crippen LogP contribution in [-0.4, -0.2) is 36.1 Å². The van der Waals surface area contributed by atoms with Crippen LogP contribution in [0, 0.1) is 17.8 Å². The third-order valence-corrected chi connectivity index (χ3v) is 5.35. The zero-order valence-electron chi connectivity index (χ0n) is 12.9. The number of rotatable bonds is 4. The summed E-state index contributed by atoms with van der Waals surface area (Å²) in [6.07, 6.45) is 4.38. The predicted octanol–water partition coefficient (Wildman–Crippen LogP) is 3.13. The number of hydrogen-bond donors (Lipinski definition) is 1. The van der Waals surface area contributed by atoms with Gasteiger partial charge in [-0.3, -0.25) is 4.90 Å². The Bertz CT molecular complexity index is 258. The molecule has 18 heavy (non-hydrogen) atoms. The Morgan fingerprint density at radius 1 is 1.00 bits per heavy atom. The molecule has 1 N–H and O–H groups in total. The van der Waals surface area contributed by atoms with Crippen LogP contribution in [0.15, 0.2) is 0 Å². The fraction of sp³-hybridized carbons (Fsp3) is 1.00. The molecule has 1 aliphatic heterocycles. The van der Waals surface area contributed by atoms with E-state index in [0.29, 0.717) is 6.04 Å². The van der Waals surface area contributed by atoms with Crippen LogP contribution < -0.4 is 5.32 Å². The predicted molar refractivity (Wildman–Crippen MR) is 78.8 cm³/mol. The van der Waals surface area contributed by atoms with Crippen molar-refractivity contribution in [1.82, 2.24) is 10.2 Å². The Kier molecular flexibility index (Phi) is 4.71. The Morgan fingerprint density at radius 2 is 1.67 bits per heavy atom. The van der Waals surface area contributed by atoms with E-state index in [4.69, 9.17) is 0 Å². The van der Waals surface area contributed by atoms with Gasteiger partial charge in [0.25, 0.3) is 0 Å². The van der Waals surface area contributed by atoms with Crippen molar-refractivity contribution in [2.45, 2.75) is 72.0 Å². The molecule has 0 aromatic carbocycles. The van der Waals surface area contributed by atoms with Crippen LogP contribution in [0.2, 0.25) is 0 Å². The van der Waals surface area contributed by atoms with Gasteiger partial charge in [-0.05, 0) is 37.5 Å². The van der Waals surface area contributed by atoms with Gasteiger partial charge in [-0.2, -0.15) is 0 Å². The standard InChI is InChI=1S/C16H32N2/c1-11(2)15-10-18(13(5)14-7-6-8-14)16(9-17-15)12(3)4/h11-17H,6-10H2,1-5H3. The summed E-state index contributed by atoms with van der Waals surface area (Å²) < 4.78 is 0. The van der Waals surface area contributed by atoms with Crippen LogP contribution in [0.25, 0.3) is 0 Å². The average Bonchev–Trinajstić information content (AvgIpc) is 2.25. The van der Waals surface area contributed by atoms with E-state index in [0.717, 1.165) is 29.8 Å². The van der Waals surface area contributed by atoms with Crippen molar-refractivity contribution in [2.24, 2.45) is 17.8 Å². The molecule has 2 rings (SSSR count). The molecule has 106 valence electrons. The summed E-state index contributed by atoms with van der Waals surface area (Å²) in [5.41, 5.74) is 0. The number of hydrogen-bond acceptors (Lipinski definition) is 2. The topological polar surface area (TPSA) is 15.3 Å². The zero-order chi connectivity index (χ0) is 13.3. The minimum absolute atomic E-state index is 0.683. The van der Waals surface area contributed by atoms with Crippen LogP contribution in [0.1, 0.15) is 53.9 Å². The molecule has 0 radical (unpaired) electrons. The average molecular weight is 252 g/mol. The lowest BCUT2D eigenvalue weighted by Crippen LogP contribution is -2.63. The maximum atomic E-state index is 3.77. The van der Waals surface area contributed by atoms with Crippen LogP contribution >= 0.6 is 0 Å². The molecule has 0 bridgehead atoms. The quantitative estimate of drug-likeness (QED) is 0.827. The van der Waals surface area contributed by atoms with Crippen molar-refractivity contribution in [3.05, 3.63) is 0 Å². The van der Waals surface area contributed by atoms with Crippen molar-refractivity contribution in [2.75, 3.05) is 13.1 Å². The van der Waals surface area contributed by atoms with E-state index in [-0.39, 0.29) is 0 Å². The molecule has 1 saturated carbocycles. The molecule has 1 heterocycles. The van der Waals surface area contributed by atoms with Crippen LogP contribution in [0.5, 0.6) is 0 Å². The van der Waals surface area contributed by atoms with Gasteiger partial charge in [-0.15, -0.1) is 0 Å². The molecular weight excluding hydrogens is 220 g/mol. The third-order valence-electron chi connectivity index (χ3n) is 5.35. The number of nitrogens with zero attached hydrogens (tertiary/aromatic N) is 1. The summed E-state index contributed by atoms with van der Waals surface area (Å²) >= 11 is 0. The Morgan fingerprint density at radius 3 is 2.11 bits per heavy atom. The number of piperazine rings is 1. The molecule has 2 aliphatic rings. The van der Waals surface area contributed by atoms with E-state index in [9.17, 15) is 0 Å². The van der Waals surface area contributed by atoms with Gasteiger partial charge in [0.2, 0.25) is 0 Å². The van der Waals surface area contributed by atoms with Gasteiger partial charge in [-0.25, -0.2) is 0 Å². The maximum Gasteiger partial charge on any atom is 0.0247 e. The summed E-state index contributed by atoms with van der Waals surface area (Å²) in [6.45, 7) is 14.3. The summed E-state index contributed by atoms with van der Waals surface area (Å²) in [5.74, 6) is 2.47. The second kappa shape index (κ2) is 5.92. The van der Waals surface area contributed by atoms with Crippen molar-refractivity contribution in [3.63, 3.8) is 0 Å². The van der Waals surface area contributed by atoms with E-state index in [1.54, 1.807) is 0 Å². The molecule has 1 saturated heterocycles. The molecule has 0 spiro atoms. The second-order valence-corrected chi connectivity index (χ2v) is 7.20. The van der Waals surface area contributed by atoms with Gasteiger partial charge in [0.15, 0.2) is 0 Å². The Labute approximate surface area is 114 Å². The first-order valence-electron chi connectivity index (χ1n) is 7.99. The minimum atomic E-state index is 0.683. The summed E-state index contributed by atoms with van der Waals surface area (Å²) in [6, 6.07) is 2.20. The van der Waals surface area contributed by atoms with E-state index < -0.39 is 0 Å². The highest BCUT2D eigenvalue weighted by atomic mass is 15.3. The van der Waals surface area contributed by atoms with E-state index in [1.165, 1.54) is 32.4 Å². The van der Waals surface area contributed by atoms with Crippen molar-refractivity contribution >= 4 is 0 Å². The highest BCUT2D eigenvalue weighted by Crippen LogP contribution is 2.34. The lowest BCUT2D eigenvalue weighted by molar-refractivity contribution is 0.0112. The van der Waals surface area contributed by atoms with E-state index in [2.05, 4.69) is 44.8 Å². The molecule has 2 heteroatoms. The van der Waals surface area contributed by atoms with Crippen LogP contribution in [0.3, 0.4) is 0 Å². The van der Waals surface area contributed by atoms with Gasteiger partial charge >= 0.3 is 0 Å². The van der Waals surface area contributed by atoms with Crippen molar-refractivity contribution < 1.29 is 0 Å². The summed E-state index contributed by atoms with van der Waals surface area (Å²) in [5, 5.41) is 3.77. The first-order chi connectivity index (χ1) is 8.50. The first-order valence-corrected chi connectivity index (χ1v) is 7.99. The lowest BCUT2D eigenvalue weighted by atomic mass is 9.78. The van der Waals surface area contributed by atoms with Crippen molar-refractivity contribution in [3.8, 4) is 0 Å². The fourth-order valence-corrected chi connectivity index (χ4v) is 3.54. The Hall–Kier alpha value is -0.0800. The van der Waals surface area contributed by atoms with Crippen LogP contribution in [-0.2, 0) is 0 Å². The van der Waals surface area contributed by atoms with Gasteiger partial charge in [0, 0.05) is 31.2 Å². The molecule has 3 atom stereocenters. The smallest absolute Gasteiger partial charge is 0.0247 e. The maximum absolute atomic E-state index is 3.77. The summed E-state index contributed by atoms with van der Waals surface area (Å²) in [4.78, 5) is 2.83. The minimum Gasteiger partial charge on any atom is -0.311 e. The van der Waals surface area contributed by atoms with Crippen LogP contribution in [0.4, 0.5) is 0 Å². The molecule has 0 amide bonds. The van der Waals surface area contributed by atoms with E-state index >= 15 is 0 Å². The fourth-order valence-electron chi connectivity index (χ4n) is 3.54. The lowest BCUT2D eigenvalue weighted by Gasteiger charge is -2.50. The molecular formula is C16H32N2. The van der Waals surface area contributed by atoms with Crippen molar-refractivity contribution in [1.29, 1.82) is 0 Å². The van der Waals surface area contributed by atoms with Gasteiger partial charge < -0.3 is 5.32 Å². The van der Waals surface area contributed by atoms with Gasteiger partial charge in [0.1, 0.15) is 0 Å². The zero-order valence-corrected chi connectivity index (χ0v) is 12.9. The number of nitrogens with one attached hydrogen (secondary N) is 1. The molecule has 0 aromatic heterocycles. The monoisotopic (exact) mass is 252 g/mol. The largest absolute Gasteiger partial charge is 0.311 e. The first kappa shape index (κ1) is 14.3. The molecule has 0 aromatic rings. The highest BCUT2D eigenvalue weighted by Gasteiger charge is 2.37. The van der Waals surface area contributed by atoms with E-state index in [1.807, 2.05) is 0 Å².